The number of imidazole rings is 1. The number of rotatable bonds is 5. The average molecular weight is 391 g/mol. The van der Waals surface area contributed by atoms with Crippen molar-refractivity contribution in [2.75, 3.05) is 0 Å². The van der Waals surface area contributed by atoms with Crippen LogP contribution in [-0.2, 0) is 0 Å². The zero-order valence-electron chi connectivity index (χ0n) is 16.5. The Labute approximate surface area is 167 Å². The van der Waals surface area contributed by atoms with Crippen LogP contribution in [0, 0.1) is 18.7 Å². The van der Waals surface area contributed by atoms with E-state index < -0.39 is 5.82 Å². The van der Waals surface area contributed by atoms with E-state index in [1.165, 1.54) is 16.9 Å². The van der Waals surface area contributed by atoms with Gasteiger partial charge in [-0.25, -0.2) is 14.1 Å². The highest BCUT2D eigenvalue weighted by Crippen LogP contribution is 2.24. The predicted molar refractivity (Wildman–Crippen MR) is 109 cm³/mol. The van der Waals surface area contributed by atoms with E-state index in [4.69, 9.17) is 0 Å². The molecule has 2 aromatic carbocycles. The highest BCUT2D eigenvalue weighted by Gasteiger charge is 2.25. The van der Waals surface area contributed by atoms with Gasteiger partial charge in [0.25, 0.3) is 5.91 Å². The van der Waals surface area contributed by atoms with Crippen molar-refractivity contribution in [1.82, 2.24) is 25.1 Å². The monoisotopic (exact) mass is 391 g/mol. The highest BCUT2D eigenvalue weighted by atomic mass is 19.1. The van der Waals surface area contributed by atoms with Gasteiger partial charge in [0.15, 0.2) is 0 Å². The van der Waals surface area contributed by atoms with E-state index in [9.17, 15) is 9.18 Å². The quantitative estimate of drug-likeness (QED) is 0.532. The summed E-state index contributed by atoms with van der Waals surface area (Å²) in [6.45, 7) is 5.79. The van der Waals surface area contributed by atoms with Crippen LogP contribution in [0.4, 0.5) is 4.39 Å². The minimum Gasteiger partial charge on any atom is -0.342 e. The van der Waals surface area contributed by atoms with Crippen LogP contribution < -0.4 is 5.32 Å². The van der Waals surface area contributed by atoms with E-state index in [1.807, 2.05) is 38.1 Å². The average Bonchev–Trinajstić information content (AvgIpc) is 3.29. The zero-order valence-corrected chi connectivity index (χ0v) is 16.5. The first-order valence-electron chi connectivity index (χ1n) is 9.50. The molecule has 0 aliphatic rings. The van der Waals surface area contributed by atoms with Crippen molar-refractivity contribution >= 4 is 16.9 Å². The second kappa shape index (κ2) is 7.50. The molecule has 0 radical (unpaired) electrons. The van der Waals surface area contributed by atoms with Crippen molar-refractivity contribution in [3.8, 4) is 5.69 Å². The molecule has 0 aliphatic heterocycles. The summed E-state index contributed by atoms with van der Waals surface area (Å²) >= 11 is 0. The lowest BCUT2D eigenvalue weighted by atomic mass is 10.0. The number of H-pyrrole nitrogens is 1. The molecule has 0 saturated carbocycles. The Morgan fingerprint density at radius 3 is 2.59 bits per heavy atom. The van der Waals surface area contributed by atoms with Crippen molar-refractivity contribution in [3.05, 3.63) is 77.6 Å². The molecule has 6 nitrogen and oxygen atoms in total. The molecule has 7 heteroatoms. The third kappa shape index (κ3) is 3.51. The number of carbonyl (C=O) groups is 1. The largest absolute Gasteiger partial charge is 0.342 e. The minimum atomic E-state index is -0.395. The number of hydrogen-bond donors (Lipinski definition) is 2. The summed E-state index contributed by atoms with van der Waals surface area (Å²) in [7, 11) is 0. The smallest absolute Gasteiger partial charge is 0.255 e. The third-order valence-electron chi connectivity index (χ3n) is 4.99. The van der Waals surface area contributed by atoms with Gasteiger partial charge >= 0.3 is 0 Å². The number of halogens is 1. The molecule has 2 N–H and O–H groups in total. The molecule has 0 bridgehead atoms. The fraction of sp³-hybridized carbons (Fsp3) is 0.227. The van der Waals surface area contributed by atoms with E-state index >= 15 is 0 Å². The normalized spacial score (nSPS) is 12.4. The van der Waals surface area contributed by atoms with Gasteiger partial charge in [-0.15, -0.1) is 0 Å². The topological polar surface area (TPSA) is 75.6 Å². The zero-order chi connectivity index (χ0) is 20.5. The Bertz CT molecular complexity index is 1140. The second-order valence-corrected chi connectivity index (χ2v) is 7.34. The lowest BCUT2D eigenvalue weighted by Gasteiger charge is -2.20. The maximum Gasteiger partial charge on any atom is 0.255 e. The first kappa shape index (κ1) is 18.9. The molecule has 29 heavy (non-hydrogen) atoms. The van der Waals surface area contributed by atoms with Gasteiger partial charge in [-0.3, -0.25) is 4.79 Å². The number of para-hydroxylation sites is 3. The number of nitrogens with zero attached hydrogens (tertiary/aromatic N) is 3. The number of fused-ring (bicyclic) bond motifs is 1. The maximum atomic E-state index is 14.1. The molecule has 2 heterocycles. The van der Waals surface area contributed by atoms with Crippen molar-refractivity contribution < 1.29 is 9.18 Å². The van der Waals surface area contributed by atoms with Crippen LogP contribution in [0.5, 0.6) is 0 Å². The molecule has 1 unspecified atom stereocenters. The predicted octanol–water partition coefficient (Wildman–Crippen LogP) is 4.32. The summed E-state index contributed by atoms with van der Waals surface area (Å²) in [5.74, 6) is 0.146. The van der Waals surface area contributed by atoms with Gasteiger partial charge in [0.05, 0.1) is 34.5 Å². The van der Waals surface area contributed by atoms with Crippen LogP contribution >= 0.6 is 0 Å². The Morgan fingerprint density at radius 1 is 1.14 bits per heavy atom. The van der Waals surface area contributed by atoms with Gasteiger partial charge in [-0.2, -0.15) is 5.10 Å². The van der Waals surface area contributed by atoms with E-state index in [1.54, 1.807) is 25.1 Å². The van der Waals surface area contributed by atoms with Crippen LogP contribution in [0.25, 0.3) is 16.7 Å². The van der Waals surface area contributed by atoms with Crippen LogP contribution in [0.2, 0.25) is 0 Å². The van der Waals surface area contributed by atoms with E-state index in [0.29, 0.717) is 22.8 Å². The van der Waals surface area contributed by atoms with E-state index in [-0.39, 0.29) is 17.9 Å². The van der Waals surface area contributed by atoms with E-state index in [0.717, 1.165) is 11.0 Å². The summed E-state index contributed by atoms with van der Waals surface area (Å²) < 4.78 is 15.6. The first-order chi connectivity index (χ1) is 14.0. The lowest BCUT2D eigenvalue weighted by Crippen LogP contribution is -2.32. The first-order valence-corrected chi connectivity index (χ1v) is 9.50. The molecule has 2 aromatic heterocycles. The fourth-order valence-corrected chi connectivity index (χ4v) is 3.39. The summed E-state index contributed by atoms with van der Waals surface area (Å²) in [5, 5.41) is 7.27. The molecule has 0 fully saturated rings. The number of aromatic nitrogens is 4. The maximum absolute atomic E-state index is 14.1. The summed E-state index contributed by atoms with van der Waals surface area (Å²) in [6, 6.07) is 13.8. The summed E-state index contributed by atoms with van der Waals surface area (Å²) in [4.78, 5) is 20.9. The Morgan fingerprint density at radius 2 is 1.86 bits per heavy atom. The van der Waals surface area contributed by atoms with Crippen molar-refractivity contribution in [1.29, 1.82) is 0 Å². The van der Waals surface area contributed by atoms with Crippen molar-refractivity contribution in [3.63, 3.8) is 0 Å². The van der Waals surface area contributed by atoms with Crippen LogP contribution in [0.15, 0.2) is 54.7 Å². The standard InChI is InChI=1S/C22H22FN5O/c1-13(2)20(21-25-17-9-5-6-10-18(17)26-21)27-22(29)15-12-24-28(14(15)3)19-11-7-4-8-16(19)23/h4-13,20H,1-3H3,(H,25,26)(H,27,29). The van der Waals surface area contributed by atoms with Gasteiger partial charge in [-0.05, 0) is 37.1 Å². The molecule has 0 saturated heterocycles. The fourth-order valence-electron chi connectivity index (χ4n) is 3.39. The number of benzene rings is 2. The number of aromatic amines is 1. The molecule has 148 valence electrons. The molecule has 0 aliphatic carbocycles. The van der Waals surface area contributed by atoms with Gasteiger partial charge in [0.2, 0.25) is 0 Å². The number of hydrogen-bond acceptors (Lipinski definition) is 3. The van der Waals surface area contributed by atoms with Crippen LogP contribution in [-0.4, -0.2) is 25.7 Å². The molecule has 1 amide bonds. The highest BCUT2D eigenvalue weighted by molar-refractivity contribution is 5.95. The van der Waals surface area contributed by atoms with E-state index in [2.05, 4.69) is 20.4 Å². The third-order valence-corrected chi connectivity index (χ3v) is 4.99. The number of amides is 1. The Balaban J connectivity index is 1.63. The van der Waals surface area contributed by atoms with Gasteiger partial charge < -0.3 is 10.3 Å². The Hall–Kier alpha value is -3.48. The molecular formula is C22H22FN5O. The van der Waals surface area contributed by atoms with Crippen LogP contribution in [0.3, 0.4) is 0 Å². The minimum absolute atomic E-state index is 0.112. The van der Waals surface area contributed by atoms with Crippen molar-refractivity contribution in [2.24, 2.45) is 5.92 Å². The Kier molecular flexibility index (Phi) is 4.88. The SMILES string of the molecule is Cc1c(C(=O)NC(c2nc3ccccc3[nH]2)C(C)C)cnn1-c1ccccc1F. The second-order valence-electron chi connectivity index (χ2n) is 7.34. The summed E-state index contributed by atoms with van der Waals surface area (Å²) in [5.41, 5.74) is 3.05. The molecule has 1 atom stereocenters. The molecule has 0 spiro atoms. The summed E-state index contributed by atoms with van der Waals surface area (Å²) in [6.07, 6.45) is 1.47. The number of nitrogens with one attached hydrogen (secondary N) is 2. The van der Waals surface area contributed by atoms with Gasteiger partial charge in [0, 0.05) is 0 Å². The van der Waals surface area contributed by atoms with Crippen LogP contribution in [0.1, 0.15) is 41.8 Å². The van der Waals surface area contributed by atoms with Gasteiger partial charge in [-0.1, -0.05) is 38.1 Å². The number of carbonyl (C=O) groups excluding carboxylic acids is 1. The van der Waals surface area contributed by atoms with Gasteiger partial charge in [0.1, 0.15) is 17.3 Å². The molecular weight excluding hydrogens is 369 g/mol. The molecule has 4 rings (SSSR count). The van der Waals surface area contributed by atoms with Crippen molar-refractivity contribution in [2.45, 2.75) is 26.8 Å². The lowest BCUT2D eigenvalue weighted by molar-refractivity contribution is 0.0922. The molecule has 4 aromatic rings.